The molecule has 0 spiro atoms. The minimum absolute atomic E-state index is 0.175. The van der Waals surface area contributed by atoms with E-state index in [-0.39, 0.29) is 18.1 Å². The van der Waals surface area contributed by atoms with Crippen LogP contribution in [0.15, 0.2) is 85.2 Å². The molecule has 1 fully saturated rings. The predicted molar refractivity (Wildman–Crippen MR) is 137 cm³/mol. The molecule has 2 aromatic heterocycles. The number of para-hydroxylation sites is 1. The van der Waals surface area contributed by atoms with Crippen molar-refractivity contribution in [3.8, 4) is 16.9 Å². The zero-order valence-corrected chi connectivity index (χ0v) is 20.0. The SMILES string of the molecule is CC1CN(c2ccc(CNC(=O)c3cn(-c4ccccc4)nc3-c3ccccc3)cn2)CC(C)O1. The van der Waals surface area contributed by atoms with Gasteiger partial charge in [0.15, 0.2) is 0 Å². The van der Waals surface area contributed by atoms with E-state index in [0.717, 1.165) is 35.7 Å². The van der Waals surface area contributed by atoms with E-state index in [1.165, 1.54) is 0 Å². The summed E-state index contributed by atoms with van der Waals surface area (Å²) in [5.41, 5.74) is 3.91. The average Bonchev–Trinajstić information content (AvgIpc) is 3.34. The maximum Gasteiger partial charge on any atom is 0.255 e. The largest absolute Gasteiger partial charge is 0.372 e. The molecule has 1 aliphatic rings. The second-order valence-corrected chi connectivity index (χ2v) is 8.91. The van der Waals surface area contributed by atoms with E-state index < -0.39 is 0 Å². The van der Waals surface area contributed by atoms with Crippen molar-refractivity contribution in [3.05, 3.63) is 96.3 Å². The van der Waals surface area contributed by atoms with Crippen LogP contribution in [-0.4, -0.2) is 46.0 Å². The number of amides is 1. The number of carbonyl (C=O) groups is 1. The zero-order chi connectivity index (χ0) is 24.2. The Hall–Kier alpha value is -3.97. The highest BCUT2D eigenvalue weighted by atomic mass is 16.5. The van der Waals surface area contributed by atoms with Crippen LogP contribution >= 0.6 is 0 Å². The van der Waals surface area contributed by atoms with E-state index in [1.54, 1.807) is 10.9 Å². The van der Waals surface area contributed by atoms with Crippen molar-refractivity contribution in [1.82, 2.24) is 20.1 Å². The van der Waals surface area contributed by atoms with Crippen LogP contribution in [0.4, 0.5) is 5.82 Å². The van der Waals surface area contributed by atoms with Crippen LogP contribution in [0.2, 0.25) is 0 Å². The van der Waals surface area contributed by atoms with Gasteiger partial charge in [-0.1, -0.05) is 54.6 Å². The summed E-state index contributed by atoms with van der Waals surface area (Å²) in [7, 11) is 0. The van der Waals surface area contributed by atoms with Gasteiger partial charge in [-0.3, -0.25) is 4.79 Å². The lowest BCUT2D eigenvalue weighted by Crippen LogP contribution is -2.45. The topological polar surface area (TPSA) is 72.3 Å². The average molecular weight is 468 g/mol. The summed E-state index contributed by atoms with van der Waals surface area (Å²) in [4.78, 5) is 20.1. The van der Waals surface area contributed by atoms with Gasteiger partial charge in [-0.25, -0.2) is 9.67 Å². The van der Waals surface area contributed by atoms with Gasteiger partial charge in [-0.05, 0) is 37.6 Å². The molecule has 0 saturated carbocycles. The number of nitrogens with one attached hydrogen (secondary N) is 1. The normalized spacial score (nSPS) is 17.8. The first-order valence-electron chi connectivity index (χ1n) is 11.9. The van der Waals surface area contributed by atoms with Gasteiger partial charge in [0.2, 0.25) is 0 Å². The third-order valence-electron chi connectivity index (χ3n) is 6.03. The number of benzene rings is 2. The number of pyridine rings is 1. The van der Waals surface area contributed by atoms with Crippen molar-refractivity contribution in [3.63, 3.8) is 0 Å². The molecule has 4 aromatic rings. The zero-order valence-electron chi connectivity index (χ0n) is 20.0. The molecule has 2 aromatic carbocycles. The highest BCUT2D eigenvalue weighted by Crippen LogP contribution is 2.24. The van der Waals surface area contributed by atoms with Crippen LogP contribution in [0.1, 0.15) is 29.8 Å². The van der Waals surface area contributed by atoms with E-state index >= 15 is 0 Å². The summed E-state index contributed by atoms with van der Waals surface area (Å²) >= 11 is 0. The molecule has 5 rings (SSSR count). The minimum Gasteiger partial charge on any atom is -0.372 e. The van der Waals surface area contributed by atoms with Crippen molar-refractivity contribution in [2.24, 2.45) is 0 Å². The second-order valence-electron chi connectivity index (χ2n) is 8.91. The van der Waals surface area contributed by atoms with Crippen LogP contribution in [0.25, 0.3) is 16.9 Å². The maximum atomic E-state index is 13.2. The van der Waals surface area contributed by atoms with Gasteiger partial charge in [0, 0.05) is 37.6 Å². The fourth-order valence-electron chi connectivity index (χ4n) is 4.41. The van der Waals surface area contributed by atoms with Gasteiger partial charge >= 0.3 is 0 Å². The smallest absolute Gasteiger partial charge is 0.255 e. The number of ether oxygens (including phenoxy) is 1. The quantitative estimate of drug-likeness (QED) is 0.453. The highest BCUT2D eigenvalue weighted by molar-refractivity contribution is 5.99. The summed E-state index contributed by atoms with van der Waals surface area (Å²) < 4.78 is 7.56. The molecule has 1 amide bonds. The molecule has 0 aliphatic carbocycles. The Bertz CT molecular complexity index is 1260. The molecular weight excluding hydrogens is 438 g/mol. The Morgan fingerprint density at radius 2 is 1.66 bits per heavy atom. The van der Waals surface area contributed by atoms with E-state index in [1.807, 2.05) is 79.0 Å². The summed E-state index contributed by atoms with van der Waals surface area (Å²) in [5.74, 6) is 0.753. The first-order valence-corrected chi connectivity index (χ1v) is 11.9. The third kappa shape index (κ3) is 5.25. The molecule has 3 heterocycles. The molecule has 2 unspecified atom stereocenters. The van der Waals surface area contributed by atoms with E-state index in [4.69, 9.17) is 9.84 Å². The van der Waals surface area contributed by atoms with Crippen molar-refractivity contribution >= 4 is 11.7 Å². The van der Waals surface area contributed by atoms with Gasteiger partial charge in [0.25, 0.3) is 5.91 Å². The van der Waals surface area contributed by atoms with Crippen molar-refractivity contribution < 1.29 is 9.53 Å². The van der Waals surface area contributed by atoms with Crippen LogP contribution in [0, 0.1) is 0 Å². The summed E-state index contributed by atoms with van der Waals surface area (Å²) in [6, 6.07) is 23.6. The van der Waals surface area contributed by atoms with Crippen LogP contribution in [0.3, 0.4) is 0 Å². The molecule has 0 radical (unpaired) electrons. The fraction of sp³-hybridized carbons (Fsp3) is 0.250. The predicted octanol–water partition coefficient (Wildman–Crippen LogP) is 4.48. The summed E-state index contributed by atoms with van der Waals surface area (Å²) in [6.45, 7) is 6.18. The molecule has 7 nitrogen and oxygen atoms in total. The van der Waals surface area contributed by atoms with Gasteiger partial charge < -0.3 is 15.0 Å². The number of nitrogens with zero attached hydrogens (tertiary/aromatic N) is 4. The summed E-state index contributed by atoms with van der Waals surface area (Å²) in [6.07, 6.45) is 3.96. The fourth-order valence-corrected chi connectivity index (χ4v) is 4.41. The van der Waals surface area contributed by atoms with Crippen molar-refractivity contribution in [1.29, 1.82) is 0 Å². The molecule has 7 heteroatoms. The Kier molecular flexibility index (Phi) is 6.59. The van der Waals surface area contributed by atoms with Crippen LogP contribution < -0.4 is 10.2 Å². The molecule has 1 aliphatic heterocycles. The number of hydrogen-bond acceptors (Lipinski definition) is 5. The van der Waals surface area contributed by atoms with Crippen LogP contribution in [0.5, 0.6) is 0 Å². The monoisotopic (exact) mass is 467 g/mol. The number of carbonyl (C=O) groups excluding carboxylic acids is 1. The molecule has 178 valence electrons. The number of hydrogen-bond donors (Lipinski definition) is 1. The van der Waals surface area contributed by atoms with Gasteiger partial charge in [-0.2, -0.15) is 5.10 Å². The molecule has 35 heavy (non-hydrogen) atoms. The molecule has 2 atom stereocenters. The Labute approximate surface area is 205 Å². The Balaban J connectivity index is 1.32. The number of rotatable bonds is 6. The maximum absolute atomic E-state index is 13.2. The van der Waals surface area contributed by atoms with E-state index in [0.29, 0.717) is 17.8 Å². The lowest BCUT2D eigenvalue weighted by Gasteiger charge is -2.36. The lowest BCUT2D eigenvalue weighted by molar-refractivity contribution is -0.00546. The highest BCUT2D eigenvalue weighted by Gasteiger charge is 2.23. The Morgan fingerprint density at radius 1 is 0.971 bits per heavy atom. The molecule has 0 bridgehead atoms. The first-order chi connectivity index (χ1) is 17.1. The standard InChI is InChI=1S/C28H29N5O2/c1-20-17-32(18-21(2)35-20)26-14-13-22(15-29-26)16-30-28(34)25-19-33(24-11-7-4-8-12-24)31-27(25)23-9-5-3-6-10-23/h3-15,19-21H,16-18H2,1-2H3,(H,30,34). The molecular formula is C28H29N5O2. The summed E-state index contributed by atoms with van der Waals surface area (Å²) in [5, 5.41) is 7.77. The van der Waals surface area contributed by atoms with E-state index in [2.05, 4.69) is 29.0 Å². The third-order valence-corrected chi connectivity index (χ3v) is 6.03. The van der Waals surface area contributed by atoms with Crippen molar-refractivity contribution in [2.45, 2.75) is 32.6 Å². The lowest BCUT2D eigenvalue weighted by atomic mass is 10.1. The Morgan fingerprint density at radius 3 is 2.31 bits per heavy atom. The van der Waals surface area contributed by atoms with Crippen LogP contribution in [-0.2, 0) is 11.3 Å². The minimum atomic E-state index is -0.175. The molecule has 1 N–H and O–H groups in total. The first kappa shape index (κ1) is 22.8. The van der Waals surface area contributed by atoms with Crippen molar-refractivity contribution in [2.75, 3.05) is 18.0 Å². The second kappa shape index (κ2) is 10.1. The number of morpholine rings is 1. The molecule has 1 saturated heterocycles. The van der Waals surface area contributed by atoms with E-state index in [9.17, 15) is 4.79 Å². The van der Waals surface area contributed by atoms with Gasteiger partial charge in [-0.15, -0.1) is 0 Å². The number of aromatic nitrogens is 3. The number of anilines is 1. The van der Waals surface area contributed by atoms with Gasteiger partial charge in [0.1, 0.15) is 11.5 Å². The van der Waals surface area contributed by atoms with Gasteiger partial charge in [0.05, 0.1) is 23.5 Å².